The number of nitrogens with zero attached hydrogens (tertiary/aromatic N) is 1. The van der Waals surface area contributed by atoms with Gasteiger partial charge in [-0.05, 0) is 6.92 Å². The lowest BCUT2D eigenvalue weighted by Gasteiger charge is -2.12. The summed E-state index contributed by atoms with van der Waals surface area (Å²) in [4.78, 5) is 36.1. The fourth-order valence-electron chi connectivity index (χ4n) is 0.453. The van der Waals surface area contributed by atoms with Crippen LogP contribution in [-0.4, -0.2) is 29.8 Å². The average molecular weight is 173 g/mol. The van der Waals surface area contributed by atoms with Crippen molar-refractivity contribution in [3.05, 3.63) is 0 Å². The molecule has 0 aliphatic rings. The first-order valence-electron chi connectivity index (χ1n) is 3.38. The molecule has 5 heteroatoms. The first-order chi connectivity index (χ1) is 5.43. The predicted molar refractivity (Wildman–Crippen MR) is 39.8 cm³/mol. The van der Waals surface area contributed by atoms with Crippen LogP contribution >= 0.6 is 0 Å². The van der Waals surface area contributed by atoms with Gasteiger partial charge in [0.25, 0.3) is 5.91 Å². The van der Waals surface area contributed by atoms with Crippen LogP contribution in [0.15, 0.2) is 0 Å². The molecule has 1 amide bonds. The number of Topliss-reactive ketones (excluding diaryl/α,β-unsaturated/α-hetero) is 1. The van der Waals surface area contributed by atoms with Crippen LogP contribution in [0.4, 0.5) is 0 Å². The molecule has 0 rings (SSSR count). The van der Waals surface area contributed by atoms with Crippen molar-refractivity contribution in [3.8, 4) is 0 Å². The monoisotopic (exact) mass is 173 g/mol. The Morgan fingerprint density at radius 1 is 1.25 bits per heavy atom. The SMILES string of the molecule is CC(=O)CC(=O)ON(C)C(C)=O. The number of hydrogen-bond donors (Lipinski definition) is 0. The van der Waals surface area contributed by atoms with Crippen LogP contribution in [0, 0.1) is 0 Å². The van der Waals surface area contributed by atoms with E-state index in [4.69, 9.17) is 0 Å². The highest BCUT2D eigenvalue weighted by Crippen LogP contribution is 1.92. The summed E-state index contributed by atoms with van der Waals surface area (Å²) < 4.78 is 0. The highest BCUT2D eigenvalue weighted by molar-refractivity contribution is 5.94. The van der Waals surface area contributed by atoms with Crippen molar-refractivity contribution in [1.29, 1.82) is 0 Å². The second-order valence-electron chi connectivity index (χ2n) is 2.36. The van der Waals surface area contributed by atoms with Gasteiger partial charge in [0.05, 0.1) is 0 Å². The Bertz CT molecular complexity index is 211. The van der Waals surface area contributed by atoms with Gasteiger partial charge in [0.2, 0.25) is 0 Å². The zero-order valence-electron chi connectivity index (χ0n) is 7.29. The summed E-state index contributed by atoms with van der Waals surface area (Å²) in [5.74, 6) is -1.41. The van der Waals surface area contributed by atoms with E-state index in [2.05, 4.69) is 4.84 Å². The van der Waals surface area contributed by atoms with Crippen molar-refractivity contribution < 1.29 is 19.2 Å². The lowest BCUT2D eigenvalue weighted by molar-refractivity contribution is -0.191. The Balaban J connectivity index is 3.85. The molecule has 0 saturated heterocycles. The molecule has 0 atom stereocenters. The van der Waals surface area contributed by atoms with E-state index in [0.29, 0.717) is 0 Å². The summed E-state index contributed by atoms with van der Waals surface area (Å²) in [6.45, 7) is 2.52. The van der Waals surface area contributed by atoms with E-state index in [0.717, 1.165) is 5.06 Å². The molecule has 0 spiro atoms. The van der Waals surface area contributed by atoms with Gasteiger partial charge in [-0.2, -0.15) is 5.06 Å². The molecule has 5 nitrogen and oxygen atoms in total. The topological polar surface area (TPSA) is 63.7 Å². The summed E-state index contributed by atoms with van der Waals surface area (Å²) in [6, 6.07) is 0. The Morgan fingerprint density at radius 2 is 1.75 bits per heavy atom. The molecule has 0 saturated carbocycles. The molecule has 0 radical (unpaired) electrons. The molecule has 0 heterocycles. The zero-order chi connectivity index (χ0) is 9.72. The minimum absolute atomic E-state index is 0.294. The predicted octanol–water partition coefficient (Wildman–Crippen LogP) is -0.0980. The Kier molecular flexibility index (Phi) is 3.96. The third-order valence-electron chi connectivity index (χ3n) is 1.08. The van der Waals surface area contributed by atoms with Crippen molar-refractivity contribution in [2.24, 2.45) is 0 Å². The van der Waals surface area contributed by atoms with Crippen LogP contribution in [0.2, 0.25) is 0 Å². The van der Waals surface area contributed by atoms with Gasteiger partial charge >= 0.3 is 5.97 Å². The van der Waals surface area contributed by atoms with Gasteiger partial charge in [-0.3, -0.25) is 9.59 Å². The van der Waals surface area contributed by atoms with Crippen LogP contribution in [-0.2, 0) is 19.2 Å². The first-order valence-corrected chi connectivity index (χ1v) is 3.38. The van der Waals surface area contributed by atoms with E-state index in [1.807, 2.05) is 0 Å². The highest BCUT2D eigenvalue weighted by Gasteiger charge is 2.11. The number of carbonyl (C=O) groups is 3. The molecule has 0 aliphatic carbocycles. The third-order valence-corrected chi connectivity index (χ3v) is 1.08. The van der Waals surface area contributed by atoms with E-state index in [-0.39, 0.29) is 12.2 Å². The molecule has 0 aromatic rings. The maximum Gasteiger partial charge on any atom is 0.339 e. The second-order valence-corrected chi connectivity index (χ2v) is 2.36. The van der Waals surface area contributed by atoms with E-state index in [1.54, 1.807) is 0 Å². The Morgan fingerprint density at radius 3 is 2.08 bits per heavy atom. The molecule has 0 unspecified atom stereocenters. The third kappa shape index (κ3) is 4.43. The van der Waals surface area contributed by atoms with Crippen molar-refractivity contribution in [3.63, 3.8) is 0 Å². The zero-order valence-corrected chi connectivity index (χ0v) is 7.29. The molecule has 0 aromatic heterocycles. The van der Waals surface area contributed by atoms with Crippen LogP contribution in [0.25, 0.3) is 0 Å². The first kappa shape index (κ1) is 10.6. The molecular weight excluding hydrogens is 162 g/mol. The summed E-state index contributed by atoms with van der Waals surface area (Å²) in [6.07, 6.45) is -0.308. The number of ketones is 1. The normalized spacial score (nSPS) is 8.92. The summed E-state index contributed by atoms with van der Waals surface area (Å²) in [7, 11) is 1.31. The van der Waals surface area contributed by atoms with Gasteiger partial charge in [-0.25, -0.2) is 4.79 Å². The maximum absolute atomic E-state index is 10.7. The molecule has 0 fully saturated rings. The van der Waals surface area contributed by atoms with Crippen molar-refractivity contribution in [2.75, 3.05) is 7.05 Å². The molecule has 68 valence electrons. The summed E-state index contributed by atoms with van der Waals surface area (Å²) >= 11 is 0. The molecule has 0 aromatic carbocycles. The van der Waals surface area contributed by atoms with E-state index >= 15 is 0 Å². The largest absolute Gasteiger partial charge is 0.339 e. The molecule has 0 bridgehead atoms. The van der Waals surface area contributed by atoms with Crippen LogP contribution < -0.4 is 0 Å². The quantitative estimate of drug-likeness (QED) is 0.432. The smallest absolute Gasteiger partial charge is 0.338 e. The van der Waals surface area contributed by atoms with Crippen LogP contribution in [0.3, 0.4) is 0 Å². The van der Waals surface area contributed by atoms with Crippen LogP contribution in [0.5, 0.6) is 0 Å². The van der Waals surface area contributed by atoms with E-state index in [9.17, 15) is 14.4 Å². The maximum atomic E-state index is 10.7. The molecule has 0 N–H and O–H groups in total. The van der Waals surface area contributed by atoms with Gasteiger partial charge in [-0.15, -0.1) is 0 Å². The van der Waals surface area contributed by atoms with Gasteiger partial charge in [0.15, 0.2) is 0 Å². The Labute approximate surface area is 70.2 Å². The van der Waals surface area contributed by atoms with Crippen molar-refractivity contribution >= 4 is 17.7 Å². The average Bonchev–Trinajstić information content (AvgIpc) is 1.84. The fraction of sp³-hybridized carbons (Fsp3) is 0.571. The minimum atomic E-state index is -0.722. The number of amides is 1. The fourth-order valence-corrected chi connectivity index (χ4v) is 0.453. The lowest BCUT2D eigenvalue weighted by atomic mass is 10.3. The van der Waals surface area contributed by atoms with Crippen molar-refractivity contribution in [1.82, 2.24) is 5.06 Å². The van der Waals surface area contributed by atoms with Gasteiger partial charge in [-0.1, -0.05) is 0 Å². The summed E-state index contributed by atoms with van der Waals surface area (Å²) in [5, 5.41) is 0.783. The minimum Gasteiger partial charge on any atom is -0.338 e. The number of hydrogen-bond acceptors (Lipinski definition) is 4. The molecular formula is C7H11NO4. The van der Waals surface area contributed by atoms with Gasteiger partial charge in [0.1, 0.15) is 12.2 Å². The van der Waals surface area contributed by atoms with Crippen LogP contribution in [0.1, 0.15) is 20.3 Å². The second kappa shape index (κ2) is 4.48. The number of hydroxylamine groups is 2. The van der Waals surface area contributed by atoms with Crippen molar-refractivity contribution in [2.45, 2.75) is 20.3 Å². The summed E-state index contributed by atoms with van der Waals surface area (Å²) in [5.41, 5.74) is 0. The molecule has 0 aliphatic heterocycles. The van der Waals surface area contributed by atoms with Gasteiger partial charge in [0, 0.05) is 14.0 Å². The van der Waals surface area contributed by atoms with E-state index < -0.39 is 11.9 Å². The standard InChI is InChI=1S/C7H11NO4/c1-5(9)4-7(11)12-8(3)6(2)10/h4H2,1-3H3. The number of carbonyl (C=O) groups excluding carboxylic acids is 3. The highest BCUT2D eigenvalue weighted by atomic mass is 16.7. The van der Waals surface area contributed by atoms with E-state index in [1.165, 1.54) is 20.9 Å². The molecule has 12 heavy (non-hydrogen) atoms. The van der Waals surface area contributed by atoms with Gasteiger partial charge < -0.3 is 4.84 Å². The number of rotatable bonds is 2. The lowest BCUT2D eigenvalue weighted by Crippen LogP contribution is -2.28. The Hall–Kier alpha value is -1.39.